The van der Waals surface area contributed by atoms with Crippen LogP contribution >= 0.6 is 0 Å². The first-order valence-electron chi connectivity index (χ1n) is 8.11. The molecule has 0 amide bonds. The van der Waals surface area contributed by atoms with Crippen LogP contribution in [-0.4, -0.2) is 71.7 Å². The second-order valence-corrected chi connectivity index (χ2v) is 6.71. The van der Waals surface area contributed by atoms with Gasteiger partial charge in [-0.1, -0.05) is 6.42 Å². The molecule has 0 aromatic carbocycles. The maximum absolute atomic E-state index is 11.1. The van der Waals surface area contributed by atoms with E-state index in [-0.39, 0.29) is 12.0 Å². The summed E-state index contributed by atoms with van der Waals surface area (Å²) in [7, 11) is 0. The summed E-state index contributed by atoms with van der Waals surface area (Å²) in [6, 6.07) is 0.737. The van der Waals surface area contributed by atoms with Crippen LogP contribution in [0.15, 0.2) is 0 Å². The highest BCUT2D eigenvalue weighted by Gasteiger charge is 2.45. The van der Waals surface area contributed by atoms with E-state index in [0.29, 0.717) is 0 Å². The van der Waals surface area contributed by atoms with E-state index in [1.807, 2.05) is 0 Å². The average molecular weight is 281 g/mol. The van der Waals surface area contributed by atoms with E-state index in [4.69, 9.17) is 5.11 Å². The lowest BCUT2D eigenvalue weighted by Crippen LogP contribution is -2.71. The van der Waals surface area contributed by atoms with Crippen molar-refractivity contribution in [2.24, 2.45) is 0 Å². The number of nitrogens with one attached hydrogen (secondary N) is 1. The minimum Gasteiger partial charge on any atom is -0.481 e. The number of nitrogens with zero attached hydrogens (tertiary/aromatic N) is 2. The first-order valence-corrected chi connectivity index (χ1v) is 8.11. The van der Waals surface area contributed by atoms with Crippen LogP contribution in [-0.2, 0) is 4.79 Å². The Bertz CT molecular complexity index is 343. The van der Waals surface area contributed by atoms with Gasteiger partial charge < -0.3 is 15.3 Å². The quantitative estimate of drug-likeness (QED) is 0.796. The molecule has 5 heteroatoms. The first-order chi connectivity index (χ1) is 9.70. The van der Waals surface area contributed by atoms with Crippen molar-refractivity contribution in [2.45, 2.75) is 50.1 Å². The lowest BCUT2D eigenvalue weighted by atomic mass is 9.84. The molecule has 3 saturated heterocycles. The third-order valence-electron chi connectivity index (χ3n) is 5.43. The molecule has 5 nitrogen and oxygen atoms in total. The molecule has 0 radical (unpaired) electrons. The lowest BCUT2D eigenvalue weighted by molar-refractivity contribution is -0.142. The third-order valence-corrected chi connectivity index (χ3v) is 5.43. The first kappa shape index (κ1) is 14.3. The van der Waals surface area contributed by atoms with Crippen LogP contribution in [0.2, 0.25) is 0 Å². The summed E-state index contributed by atoms with van der Waals surface area (Å²) in [5, 5.41) is 12.4. The molecule has 3 fully saturated rings. The van der Waals surface area contributed by atoms with Crippen LogP contribution in [0.1, 0.15) is 38.5 Å². The van der Waals surface area contributed by atoms with Crippen LogP contribution in [0.3, 0.4) is 0 Å². The molecule has 3 aliphatic heterocycles. The van der Waals surface area contributed by atoms with E-state index in [1.165, 1.54) is 45.2 Å². The van der Waals surface area contributed by atoms with Crippen LogP contribution < -0.4 is 5.32 Å². The van der Waals surface area contributed by atoms with Crippen LogP contribution in [0.25, 0.3) is 0 Å². The summed E-state index contributed by atoms with van der Waals surface area (Å²) in [5.41, 5.74) is -0.0985. The summed E-state index contributed by atoms with van der Waals surface area (Å²) >= 11 is 0. The summed E-state index contributed by atoms with van der Waals surface area (Å²) in [6.07, 6.45) is 6.81. The van der Waals surface area contributed by atoms with Crippen LogP contribution in [0, 0.1) is 0 Å². The monoisotopic (exact) mass is 281 g/mol. The molecular formula is C15H27N3O2. The van der Waals surface area contributed by atoms with Crippen LogP contribution in [0.4, 0.5) is 0 Å². The van der Waals surface area contributed by atoms with E-state index in [0.717, 1.165) is 32.2 Å². The van der Waals surface area contributed by atoms with Gasteiger partial charge in [-0.25, -0.2) is 0 Å². The maximum Gasteiger partial charge on any atom is 0.305 e. The molecule has 0 bridgehead atoms. The predicted molar refractivity (Wildman–Crippen MR) is 77.9 cm³/mol. The van der Waals surface area contributed by atoms with Crippen molar-refractivity contribution in [3.05, 3.63) is 0 Å². The van der Waals surface area contributed by atoms with E-state index in [9.17, 15) is 4.79 Å². The van der Waals surface area contributed by atoms with Crippen molar-refractivity contribution < 1.29 is 9.90 Å². The highest BCUT2D eigenvalue weighted by Crippen LogP contribution is 2.30. The zero-order valence-electron chi connectivity index (χ0n) is 12.3. The van der Waals surface area contributed by atoms with Crippen molar-refractivity contribution in [1.29, 1.82) is 0 Å². The third kappa shape index (κ3) is 2.85. The van der Waals surface area contributed by atoms with Gasteiger partial charge in [-0.05, 0) is 38.8 Å². The van der Waals surface area contributed by atoms with Gasteiger partial charge in [0, 0.05) is 32.2 Å². The minimum absolute atomic E-state index is 0.0985. The zero-order chi connectivity index (χ0) is 14.0. The average Bonchev–Trinajstić information content (AvgIpc) is 2.44. The number of hydrogen-bond donors (Lipinski definition) is 2. The summed E-state index contributed by atoms with van der Waals surface area (Å²) < 4.78 is 0. The van der Waals surface area contributed by atoms with Crippen LogP contribution in [0.5, 0.6) is 0 Å². The smallest absolute Gasteiger partial charge is 0.305 e. The normalized spacial score (nSPS) is 29.0. The number of hydrogen-bond acceptors (Lipinski definition) is 4. The molecule has 2 N–H and O–H groups in total. The lowest BCUT2D eigenvalue weighted by Gasteiger charge is -2.53. The maximum atomic E-state index is 11.1. The molecule has 114 valence electrons. The SMILES string of the molecule is O=C(O)CC1(N2CCC(N3CCCCC3)CC2)CNC1. The van der Waals surface area contributed by atoms with Gasteiger partial charge >= 0.3 is 5.97 Å². The van der Waals surface area contributed by atoms with Gasteiger partial charge in [0.1, 0.15) is 0 Å². The number of carboxylic acids is 1. The molecule has 3 aliphatic rings. The van der Waals surface area contributed by atoms with Crippen molar-refractivity contribution >= 4 is 5.97 Å². The Morgan fingerprint density at radius 3 is 2.25 bits per heavy atom. The minimum atomic E-state index is -0.662. The van der Waals surface area contributed by atoms with E-state index < -0.39 is 5.97 Å². The zero-order valence-corrected chi connectivity index (χ0v) is 12.3. The van der Waals surface area contributed by atoms with Crippen molar-refractivity contribution in [2.75, 3.05) is 39.3 Å². The molecule has 0 atom stereocenters. The number of carboxylic acid groups (broad SMARTS) is 1. The fourth-order valence-corrected chi connectivity index (χ4v) is 4.14. The number of carbonyl (C=O) groups is 1. The Labute approximate surface area is 121 Å². The standard InChI is InChI=1S/C15H27N3O2/c19-14(20)10-15(11-16-12-15)18-8-4-13(5-9-18)17-6-2-1-3-7-17/h13,16H,1-12H2,(H,19,20). The molecule has 0 aromatic heterocycles. The summed E-state index contributed by atoms with van der Waals surface area (Å²) in [5.74, 6) is -0.662. The summed E-state index contributed by atoms with van der Waals surface area (Å²) in [4.78, 5) is 16.2. The van der Waals surface area contributed by atoms with Gasteiger partial charge in [-0.15, -0.1) is 0 Å². The highest BCUT2D eigenvalue weighted by molar-refractivity contribution is 5.68. The number of aliphatic carboxylic acids is 1. The number of likely N-dealkylation sites (tertiary alicyclic amines) is 2. The van der Waals surface area contributed by atoms with E-state index in [2.05, 4.69) is 15.1 Å². The van der Waals surface area contributed by atoms with E-state index in [1.54, 1.807) is 0 Å². The fourth-order valence-electron chi connectivity index (χ4n) is 4.14. The van der Waals surface area contributed by atoms with Gasteiger partial charge in [-0.2, -0.15) is 0 Å². The summed E-state index contributed by atoms with van der Waals surface area (Å²) in [6.45, 7) is 6.35. The molecule has 0 unspecified atom stereocenters. The molecule has 3 heterocycles. The molecular weight excluding hydrogens is 254 g/mol. The molecule has 20 heavy (non-hydrogen) atoms. The van der Waals surface area contributed by atoms with Gasteiger partial charge in [-0.3, -0.25) is 9.69 Å². The van der Waals surface area contributed by atoms with Crippen molar-refractivity contribution in [3.8, 4) is 0 Å². The molecule has 0 aromatic rings. The number of piperidine rings is 2. The van der Waals surface area contributed by atoms with Crippen molar-refractivity contribution in [1.82, 2.24) is 15.1 Å². The Morgan fingerprint density at radius 1 is 1.10 bits per heavy atom. The number of rotatable bonds is 4. The molecule has 0 spiro atoms. The van der Waals surface area contributed by atoms with Gasteiger partial charge in [0.25, 0.3) is 0 Å². The van der Waals surface area contributed by atoms with Gasteiger partial charge in [0.15, 0.2) is 0 Å². The topological polar surface area (TPSA) is 55.8 Å². The Balaban J connectivity index is 1.53. The van der Waals surface area contributed by atoms with E-state index >= 15 is 0 Å². The Morgan fingerprint density at radius 2 is 1.75 bits per heavy atom. The molecule has 0 aliphatic carbocycles. The van der Waals surface area contributed by atoms with Gasteiger partial charge in [0.2, 0.25) is 0 Å². The Kier molecular flexibility index (Phi) is 4.29. The largest absolute Gasteiger partial charge is 0.481 e. The molecule has 0 saturated carbocycles. The van der Waals surface area contributed by atoms with Crippen molar-refractivity contribution in [3.63, 3.8) is 0 Å². The highest BCUT2D eigenvalue weighted by atomic mass is 16.4. The Hall–Kier alpha value is -0.650. The fraction of sp³-hybridized carbons (Fsp3) is 0.933. The van der Waals surface area contributed by atoms with Gasteiger partial charge in [0.05, 0.1) is 12.0 Å². The molecule has 3 rings (SSSR count). The second kappa shape index (κ2) is 6.00. The second-order valence-electron chi connectivity index (χ2n) is 6.71. The predicted octanol–water partition coefficient (Wildman–Crippen LogP) is 0.753.